The first-order valence-corrected chi connectivity index (χ1v) is 10.2. The highest BCUT2D eigenvalue weighted by atomic mass is 16.2. The molecule has 1 atom stereocenters. The zero-order valence-corrected chi connectivity index (χ0v) is 17.2. The van der Waals surface area contributed by atoms with Crippen molar-refractivity contribution in [2.45, 2.75) is 33.0 Å². The Bertz CT molecular complexity index is 1220. The first kappa shape index (κ1) is 19.7. The van der Waals surface area contributed by atoms with Crippen molar-refractivity contribution in [2.75, 3.05) is 0 Å². The molecule has 0 saturated carbocycles. The van der Waals surface area contributed by atoms with Crippen molar-refractivity contribution in [3.05, 3.63) is 106 Å². The second-order valence-electron chi connectivity index (χ2n) is 7.42. The standard InChI is InChI=1S/C25H25N3O2/c1-3-27-21-11-7-8-12-22(21)28(25(27)30)17-23(29)26-24(19-9-5-4-6-10-19)20-15-13-18(2)14-16-20/h4-16,24H,3,17H2,1-2H3,(H,26,29). The summed E-state index contributed by atoms with van der Waals surface area (Å²) >= 11 is 0. The second-order valence-corrected chi connectivity index (χ2v) is 7.42. The molecule has 1 amide bonds. The quantitative estimate of drug-likeness (QED) is 0.532. The maximum Gasteiger partial charge on any atom is 0.329 e. The van der Waals surface area contributed by atoms with Gasteiger partial charge in [0.05, 0.1) is 17.1 Å². The highest BCUT2D eigenvalue weighted by Gasteiger charge is 2.19. The van der Waals surface area contributed by atoms with Crippen molar-refractivity contribution >= 4 is 16.9 Å². The zero-order chi connectivity index (χ0) is 21.1. The topological polar surface area (TPSA) is 56.0 Å². The van der Waals surface area contributed by atoms with Gasteiger partial charge in [0.1, 0.15) is 6.54 Å². The molecule has 30 heavy (non-hydrogen) atoms. The van der Waals surface area contributed by atoms with Crippen LogP contribution in [0.3, 0.4) is 0 Å². The summed E-state index contributed by atoms with van der Waals surface area (Å²) < 4.78 is 3.24. The van der Waals surface area contributed by atoms with Crippen LogP contribution in [0.2, 0.25) is 0 Å². The van der Waals surface area contributed by atoms with Crippen LogP contribution < -0.4 is 11.0 Å². The molecule has 1 unspecified atom stereocenters. The maximum atomic E-state index is 13.0. The van der Waals surface area contributed by atoms with Gasteiger partial charge in [0.2, 0.25) is 5.91 Å². The fraction of sp³-hybridized carbons (Fsp3) is 0.200. The molecule has 3 aromatic carbocycles. The van der Waals surface area contributed by atoms with E-state index in [1.807, 2.05) is 92.7 Å². The molecule has 0 spiro atoms. The number of hydrogen-bond acceptors (Lipinski definition) is 2. The average molecular weight is 399 g/mol. The molecule has 5 nitrogen and oxygen atoms in total. The first-order chi connectivity index (χ1) is 14.6. The van der Waals surface area contributed by atoms with Gasteiger partial charge in [-0.2, -0.15) is 0 Å². The van der Waals surface area contributed by atoms with Crippen molar-refractivity contribution in [3.8, 4) is 0 Å². The van der Waals surface area contributed by atoms with Gasteiger partial charge in [-0.1, -0.05) is 72.3 Å². The highest BCUT2D eigenvalue weighted by Crippen LogP contribution is 2.22. The summed E-state index contributed by atoms with van der Waals surface area (Å²) in [4.78, 5) is 25.9. The molecule has 4 rings (SSSR count). The zero-order valence-electron chi connectivity index (χ0n) is 17.2. The van der Waals surface area contributed by atoms with Gasteiger partial charge >= 0.3 is 5.69 Å². The van der Waals surface area contributed by atoms with Crippen LogP contribution in [-0.2, 0) is 17.9 Å². The molecule has 0 aliphatic carbocycles. The van der Waals surface area contributed by atoms with Crippen molar-refractivity contribution < 1.29 is 4.79 Å². The van der Waals surface area contributed by atoms with E-state index in [4.69, 9.17) is 0 Å². The number of amides is 1. The molecule has 152 valence electrons. The number of carbonyl (C=O) groups is 1. The summed E-state index contributed by atoms with van der Waals surface area (Å²) in [7, 11) is 0. The van der Waals surface area contributed by atoms with Gasteiger partial charge in [0, 0.05) is 6.54 Å². The molecule has 5 heteroatoms. The summed E-state index contributed by atoms with van der Waals surface area (Å²) in [6.07, 6.45) is 0. The number of aryl methyl sites for hydroxylation is 2. The van der Waals surface area contributed by atoms with E-state index in [2.05, 4.69) is 5.32 Å². The highest BCUT2D eigenvalue weighted by molar-refractivity contribution is 5.81. The van der Waals surface area contributed by atoms with E-state index in [0.29, 0.717) is 6.54 Å². The number of imidazole rings is 1. The third-order valence-electron chi connectivity index (χ3n) is 5.39. The molecular weight excluding hydrogens is 374 g/mol. The van der Waals surface area contributed by atoms with Crippen molar-refractivity contribution in [1.29, 1.82) is 0 Å². The summed E-state index contributed by atoms with van der Waals surface area (Å²) in [6.45, 7) is 4.50. The Balaban J connectivity index is 1.66. The van der Waals surface area contributed by atoms with Gasteiger partial charge in [-0.3, -0.25) is 13.9 Å². The lowest BCUT2D eigenvalue weighted by atomic mass is 9.98. The van der Waals surface area contributed by atoms with E-state index in [9.17, 15) is 9.59 Å². The number of benzene rings is 3. The third-order valence-corrected chi connectivity index (χ3v) is 5.39. The van der Waals surface area contributed by atoms with Crippen LogP contribution in [0.4, 0.5) is 0 Å². The van der Waals surface area contributed by atoms with Crippen LogP contribution in [0.25, 0.3) is 11.0 Å². The van der Waals surface area contributed by atoms with Crippen molar-refractivity contribution in [1.82, 2.24) is 14.5 Å². The van der Waals surface area contributed by atoms with Gasteiger partial charge in [-0.15, -0.1) is 0 Å². The summed E-state index contributed by atoms with van der Waals surface area (Å²) in [5.74, 6) is -0.203. The van der Waals surface area contributed by atoms with E-state index in [0.717, 1.165) is 27.7 Å². The van der Waals surface area contributed by atoms with Gasteiger partial charge < -0.3 is 5.32 Å². The molecule has 1 N–H and O–H groups in total. The van der Waals surface area contributed by atoms with E-state index >= 15 is 0 Å². The Kier molecular flexibility index (Phi) is 5.53. The number of carbonyl (C=O) groups excluding carboxylic acids is 1. The maximum absolute atomic E-state index is 13.0. The molecule has 4 aromatic rings. The minimum atomic E-state index is -0.283. The molecule has 1 heterocycles. The summed E-state index contributed by atoms with van der Waals surface area (Å²) in [5, 5.41) is 3.13. The monoisotopic (exact) mass is 399 g/mol. The first-order valence-electron chi connectivity index (χ1n) is 10.2. The Morgan fingerprint density at radius 2 is 1.40 bits per heavy atom. The lowest BCUT2D eigenvalue weighted by molar-refractivity contribution is -0.122. The van der Waals surface area contributed by atoms with Crippen LogP contribution in [0, 0.1) is 6.92 Å². The largest absolute Gasteiger partial charge is 0.344 e. The van der Waals surface area contributed by atoms with Crippen LogP contribution in [-0.4, -0.2) is 15.0 Å². The van der Waals surface area contributed by atoms with Crippen LogP contribution in [0.5, 0.6) is 0 Å². The fourth-order valence-corrected chi connectivity index (χ4v) is 3.84. The molecular formula is C25H25N3O2. The van der Waals surface area contributed by atoms with Gasteiger partial charge in [0.25, 0.3) is 0 Å². The number of rotatable bonds is 6. The van der Waals surface area contributed by atoms with Gasteiger partial charge in [-0.05, 0) is 37.1 Å². The number of para-hydroxylation sites is 2. The van der Waals surface area contributed by atoms with Crippen LogP contribution in [0.1, 0.15) is 29.7 Å². The molecule has 0 fully saturated rings. The number of fused-ring (bicyclic) bond motifs is 1. The number of aromatic nitrogens is 2. The smallest absolute Gasteiger partial charge is 0.329 e. The molecule has 0 aliphatic heterocycles. The second kappa shape index (κ2) is 8.41. The number of nitrogens with zero attached hydrogens (tertiary/aromatic N) is 2. The van der Waals surface area contributed by atoms with E-state index < -0.39 is 0 Å². The number of nitrogens with one attached hydrogen (secondary N) is 1. The lowest BCUT2D eigenvalue weighted by Crippen LogP contribution is -2.35. The summed E-state index contributed by atoms with van der Waals surface area (Å²) in [6, 6.07) is 25.3. The Labute approximate surface area is 175 Å². The molecule has 0 aliphatic rings. The van der Waals surface area contributed by atoms with Crippen LogP contribution >= 0.6 is 0 Å². The third kappa shape index (κ3) is 3.79. The molecule has 0 bridgehead atoms. The molecule has 0 saturated heterocycles. The normalized spacial score (nSPS) is 12.1. The predicted octanol–water partition coefficient (Wildman–Crippen LogP) is 4.04. The van der Waals surface area contributed by atoms with Crippen molar-refractivity contribution in [3.63, 3.8) is 0 Å². The van der Waals surface area contributed by atoms with E-state index in [1.54, 1.807) is 9.13 Å². The SMILES string of the molecule is CCn1c(=O)n(CC(=O)NC(c2ccccc2)c2ccc(C)cc2)c2ccccc21. The van der Waals surface area contributed by atoms with Gasteiger partial charge in [-0.25, -0.2) is 4.79 Å². The fourth-order valence-electron chi connectivity index (χ4n) is 3.84. The van der Waals surface area contributed by atoms with Crippen molar-refractivity contribution in [2.24, 2.45) is 0 Å². The average Bonchev–Trinajstić information content (AvgIpc) is 3.04. The Morgan fingerprint density at radius 1 is 0.833 bits per heavy atom. The Hall–Kier alpha value is -3.60. The van der Waals surface area contributed by atoms with Gasteiger partial charge in [0.15, 0.2) is 0 Å². The van der Waals surface area contributed by atoms with E-state index in [1.165, 1.54) is 0 Å². The molecule has 1 aromatic heterocycles. The van der Waals surface area contributed by atoms with Crippen LogP contribution in [0.15, 0.2) is 83.7 Å². The van der Waals surface area contributed by atoms with E-state index in [-0.39, 0.29) is 24.2 Å². The minimum absolute atomic E-state index is 0.0262. The minimum Gasteiger partial charge on any atom is -0.344 e. The predicted molar refractivity (Wildman–Crippen MR) is 119 cm³/mol. The molecule has 0 radical (unpaired) electrons. The lowest BCUT2D eigenvalue weighted by Gasteiger charge is -2.20. The Morgan fingerprint density at radius 3 is 2.03 bits per heavy atom. The number of hydrogen-bond donors (Lipinski definition) is 1. The summed E-state index contributed by atoms with van der Waals surface area (Å²) in [5.41, 5.74) is 4.61.